The van der Waals surface area contributed by atoms with E-state index in [9.17, 15) is 19.8 Å². The summed E-state index contributed by atoms with van der Waals surface area (Å²) in [5.41, 5.74) is 14.4. The topological polar surface area (TPSA) is 145 Å². The maximum Gasteiger partial charge on any atom is 0.369 e. The average Bonchev–Trinajstić information content (AvgIpc) is 3.13. The van der Waals surface area contributed by atoms with Crippen LogP contribution in [0.2, 0.25) is 0 Å². The van der Waals surface area contributed by atoms with Crippen LogP contribution in [0.5, 0.6) is 23.0 Å². The molecule has 0 radical (unpaired) electrons. The van der Waals surface area contributed by atoms with E-state index in [2.05, 4.69) is 103 Å². The quantitative estimate of drug-likeness (QED) is 0.127. The number of hydrogen-bond acceptors (Lipinski definition) is 8. The molecule has 4 saturated carbocycles. The number of phenolic OH excluding ortho intramolecular Hbond substituents is 2. The highest BCUT2D eigenvalue weighted by atomic mass is 79.9. The van der Waals surface area contributed by atoms with Crippen LogP contribution in [-0.2, 0) is 0 Å². The normalized spacial score (nSPS) is 32.7. The summed E-state index contributed by atoms with van der Waals surface area (Å²) in [6.45, 7) is 18.2. The molecule has 10 atom stereocenters. The summed E-state index contributed by atoms with van der Waals surface area (Å²) in [5.74, 6) is 2.14. The standard InChI is InChI=1S/C23H35NO3.C21H31NO3.CH2Cl2.BBr3/c1-14-18(24)13-19-22(2,3)8-7-9-23(19,4)20(14)21(25)15-10-16(26-5)12-17(11-15)27-6;1-12-16(22)11-17-20(2,3)6-5-7-21(17,4)18(12)19(25)13-8-14(23)10-15(24)9-13;2-1-3;2-1(3)4/h10-12,14,18-20H,7-9,13,24H2,1-6H3;8-10,12,16-18,23-24H,5-7,11,22H2,1-4H3;1H2;/t14-,18-,19+,20-,23+;12-,16-,17+,18-,21+;;/m11../s1. The number of methoxy groups -OCH3 is 2. The number of aromatic hydroxyl groups is 2. The van der Waals surface area contributed by atoms with Crippen molar-refractivity contribution in [3.05, 3.63) is 47.5 Å². The molecule has 0 heterocycles. The molecular formula is C45H68BBr3Cl2N2O6. The lowest BCUT2D eigenvalue weighted by Crippen LogP contribution is -2.59. The van der Waals surface area contributed by atoms with Gasteiger partial charge in [0, 0.05) is 47.2 Å². The Morgan fingerprint density at radius 3 is 1.32 bits per heavy atom. The van der Waals surface area contributed by atoms with Gasteiger partial charge in [0.15, 0.2) is 11.6 Å². The molecule has 332 valence electrons. The molecule has 0 spiro atoms. The summed E-state index contributed by atoms with van der Waals surface area (Å²) in [5, 5.41) is 19.8. The first-order valence-corrected chi connectivity index (χ1v) is 24.6. The van der Waals surface area contributed by atoms with E-state index in [1.54, 1.807) is 20.3 Å². The molecule has 0 bridgehead atoms. The van der Waals surface area contributed by atoms with Crippen LogP contribution in [0.25, 0.3) is 0 Å². The van der Waals surface area contributed by atoms with E-state index in [0.717, 1.165) is 32.1 Å². The van der Waals surface area contributed by atoms with Gasteiger partial charge in [-0.15, -0.1) is 70.5 Å². The molecule has 0 aliphatic heterocycles. The third-order valence-corrected chi connectivity index (χ3v) is 14.8. The first-order chi connectivity index (χ1) is 27.3. The van der Waals surface area contributed by atoms with Gasteiger partial charge in [0.2, 0.25) is 0 Å². The fourth-order valence-corrected chi connectivity index (χ4v) is 12.0. The zero-order valence-corrected chi connectivity index (χ0v) is 42.9. The number of benzene rings is 2. The first-order valence-electron chi connectivity index (χ1n) is 20.7. The zero-order valence-electron chi connectivity index (χ0n) is 36.6. The molecule has 4 fully saturated rings. The van der Waals surface area contributed by atoms with Crippen molar-refractivity contribution in [2.75, 3.05) is 19.6 Å². The SMILES string of the molecule is BrB(Br)Br.COc1cc(OC)cc(C(=O)[C@H]2[C@H](C)[C@H](N)C[C@H]3C(C)(C)CCC[C@]23C)c1.C[C@@H]1[C@H](N)C[C@H]2C(C)(C)CCC[C@]2(C)[C@H]1C(=O)c1cc(O)cc(O)c1.ClCCl. The Labute approximate surface area is 389 Å². The maximum atomic E-state index is 13.8. The van der Waals surface area contributed by atoms with E-state index in [1.165, 1.54) is 37.5 Å². The van der Waals surface area contributed by atoms with Crippen molar-refractivity contribution >= 4 is 85.2 Å². The third-order valence-electron chi connectivity index (χ3n) is 14.8. The number of carbonyl (C=O) groups excluding carboxylic acids is 2. The number of ketones is 2. The molecule has 0 aromatic heterocycles. The van der Waals surface area contributed by atoms with Crippen LogP contribution in [0.4, 0.5) is 0 Å². The zero-order chi connectivity index (χ0) is 44.8. The van der Waals surface area contributed by atoms with Crippen molar-refractivity contribution < 1.29 is 29.3 Å². The van der Waals surface area contributed by atoms with Crippen LogP contribution in [0.3, 0.4) is 0 Å². The largest absolute Gasteiger partial charge is 0.508 e. The van der Waals surface area contributed by atoms with Gasteiger partial charge in [-0.25, -0.2) is 0 Å². The van der Waals surface area contributed by atoms with Crippen molar-refractivity contribution in [1.82, 2.24) is 0 Å². The molecular weight excluding hydrogens is 986 g/mol. The van der Waals surface area contributed by atoms with Crippen LogP contribution >= 0.6 is 70.5 Å². The van der Waals surface area contributed by atoms with Crippen molar-refractivity contribution in [2.45, 2.75) is 119 Å². The molecule has 6 rings (SSSR count). The van der Waals surface area contributed by atoms with E-state index in [4.69, 9.17) is 44.1 Å². The Hall–Kier alpha value is -1.02. The minimum Gasteiger partial charge on any atom is -0.508 e. The molecule has 0 amide bonds. The number of halogens is 5. The molecule has 0 saturated heterocycles. The number of hydrogen-bond donors (Lipinski definition) is 4. The van der Waals surface area contributed by atoms with Crippen molar-refractivity contribution in [2.24, 2.45) is 68.6 Å². The Bertz CT molecular complexity index is 1690. The first kappa shape index (κ1) is 52.3. The number of rotatable bonds is 6. The van der Waals surface area contributed by atoms with Crippen molar-refractivity contribution in [3.8, 4) is 23.0 Å². The summed E-state index contributed by atoms with van der Waals surface area (Å²) in [7, 11) is 3.23. The molecule has 6 N–H and O–H groups in total. The Kier molecular flexibility index (Phi) is 19.1. The van der Waals surface area contributed by atoms with Crippen molar-refractivity contribution in [3.63, 3.8) is 0 Å². The number of nitrogens with two attached hydrogens (primary N) is 2. The van der Waals surface area contributed by atoms with Crippen molar-refractivity contribution in [1.29, 1.82) is 0 Å². The minimum absolute atomic E-state index is 0.000880. The van der Waals surface area contributed by atoms with Crippen LogP contribution in [-0.4, -0.2) is 56.6 Å². The fraction of sp³-hybridized carbons (Fsp3) is 0.689. The van der Waals surface area contributed by atoms with Crippen LogP contribution in [0.1, 0.15) is 127 Å². The molecule has 8 nitrogen and oxygen atoms in total. The van der Waals surface area contributed by atoms with Gasteiger partial charge < -0.3 is 31.2 Å². The highest BCUT2D eigenvalue weighted by Gasteiger charge is 2.59. The summed E-state index contributed by atoms with van der Waals surface area (Å²) in [6.07, 6.45) is 8.76. The van der Waals surface area contributed by atoms with Gasteiger partial charge in [-0.1, -0.05) is 68.2 Å². The van der Waals surface area contributed by atoms with Crippen LogP contribution in [0.15, 0.2) is 36.4 Å². The summed E-state index contributed by atoms with van der Waals surface area (Å²) >= 11 is 18.8. The Balaban J connectivity index is 0.000000273. The number of alkyl halides is 2. The van der Waals surface area contributed by atoms with Gasteiger partial charge in [0.1, 0.15) is 23.0 Å². The van der Waals surface area contributed by atoms with Crippen LogP contribution < -0.4 is 20.9 Å². The van der Waals surface area contributed by atoms with E-state index in [0.29, 0.717) is 34.5 Å². The highest BCUT2D eigenvalue weighted by molar-refractivity contribution is 9.69. The van der Waals surface area contributed by atoms with Crippen LogP contribution in [0, 0.1) is 57.2 Å². The number of phenols is 2. The number of Topliss-reactive ketones (excluding diaryl/α,β-unsaturated/α-hetero) is 2. The number of fused-ring (bicyclic) bond motifs is 2. The molecule has 14 heteroatoms. The van der Waals surface area contributed by atoms with Gasteiger partial charge in [-0.3, -0.25) is 9.59 Å². The lowest BCUT2D eigenvalue weighted by Gasteiger charge is -2.60. The van der Waals surface area contributed by atoms with Gasteiger partial charge >= 0.3 is 3.18 Å². The van der Waals surface area contributed by atoms with E-state index < -0.39 is 0 Å². The van der Waals surface area contributed by atoms with Gasteiger partial charge in [0.25, 0.3) is 0 Å². The summed E-state index contributed by atoms with van der Waals surface area (Å²) in [6, 6.07) is 9.70. The predicted octanol–water partition coefficient (Wildman–Crippen LogP) is 12.4. The Morgan fingerprint density at radius 1 is 0.678 bits per heavy atom. The second kappa shape index (κ2) is 21.6. The van der Waals surface area contributed by atoms with E-state index in [1.807, 2.05) is 12.1 Å². The Morgan fingerprint density at radius 2 is 1.00 bits per heavy atom. The fourth-order valence-electron chi connectivity index (χ4n) is 12.0. The maximum absolute atomic E-state index is 13.8. The summed E-state index contributed by atoms with van der Waals surface area (Å²) in [4.78, 5) is 27.2. The third kappa shape index (κ3) is 12.2. The number of ether oxygens (including phenoxy) is 2. The molecule has 59 heavy (non-hydrogen) atoms. The van der Waals surface area contributed by atoms with E-state index in [-0.39, 0.29) is 89.0 Å². The lowest BCUT2D eigenvalue weighted by molar-refractivity contribution is -0.0868. The molecule has 2 aromatic rings. The monoisotopic (exact) mass is 1050 g/mol. The minimum atomic E-state index is -0.193. The number of carbonyl (C=O) groups is 2. The average molecular weight is 1050 g/mol. The molecule has 4 aliphatic rings. The predicted molar refractivity (Wildman–Crippen MR) is 256 cm³/mol. The molecule has 0 unspecified atom stereocenters. The lowest BCUT2D eigenvalue weighted by atomic mass is 9.45. The smallest absolute Gasteiger partial charge is 0.369 e. The molecule has 4 aliphatic carbocycles. The van der Waals surface area contributed by atoms with Gasteiger partial charge in [-0.2, -0.15) is 0 Å². The van der Waals surface area contributed by atoms with Gasteiger partial charge in [0.05, 0.1) is 19.6 Å². The highest BCUT2D eigenvalue weighted by Crippen LogP contribution is 2.63. The van der Waals surface area contributed by atoms with E-state index >= 15 is 0 Å². The second-order valence-electron chi connectivity index (χ2n) is 19.2. The summed E-state index contributed by atoms with van der Waals surface area (Å²) < 4.78 is 11.1. The molecule has 2 aromatic carbocycles. The second-order valence-corrected chi connectivity index (χ2v) is 26.4. The van der Waals surface area contributed by atoms with Gasteiger partial charge in [-0.05, 0) is 108 Å².